The van der Waals surface area contributed by atoms with Gasteiger partial charge in [-0.25, -0.2) is 4.98 Å². The first kappa shape index (κ1) is 12.2. The van der Waals surface area contributed by atoms with Gasteiger partial charge in [0.15, 0.2) is 0 Å². The molecule has 2 unspecified atom stereocenters. The highest BCUT2D eigenvalue weighted by Crippen LogP contribution is 2.24. The minimum atomic E-state index is -1.24. The van der Waals surface area contributed by atoms with E-state index >= 15 is 0 Å². The fourth-order valence-corrected chi connectivity index (χ4v) is 1.32. The minimum absolute atomic E-state index is 0.0504. The second-order valence-corrected chi connectivity index (χ2v) is 3.52. The average Bonchev–Trinajstić information content (AvgIpc) is 2.21. The molecule has 0 aromatic carbocycles. The molecular weight excluding hydrogens is 220 g/mol. The normalized spacial score (nSPS) is 14.9. The number of nitrogen functional groups attached to an aromatic ring is 1. The number of aliphatic hydroxyl groups is 3. The molecule has 15 heavy (non-hydrogen) atoms. The highest BCUT2D eigenvalue weighted by Gasteiger charge is 2.21. The van der Waals surface area contributed by atoms with Crippen molar-refractivity contribution in [2.24, 2.45) is 0 Å². The molecule has 0 amide bonds. The minimum Gasteiger partial charge on any atom is -0.397 e. The fourth-order valence-electron chi connectivity index (χ4n) is 1.17. The highest BCUT2D eigenvalue weighted by atomic mass is 35.5. The Kier molecular flexibility index (Phi) is 4.28. The second-order valence-electron chi connectivity index (χ2n) is 3.13. The Morgan fingerprint density at radius 2 is 2.07 bits per heavy atom. The predicted molar refractivity (Wildman–Crippen MR) is 56.3 cm³/mol. The summed E-state index contributed by atoms with van der Waals surface area (Å²) in [5.41, 5.74) is 5.95. The molecular formula is C9H13ClN2O3. The fraction of sp³-hybridized carbons (Fsp3) is 0.444. The lowest BCUT2D eigenvalue weighted by Crippen LogP contribution is -2.21. The van der Waals surface area contributed by atoms with Gasteiger partial charge in [0.1, 0.15) is 11.3 Å². The molecule has 0 radical (unpaired) electrons. The smallest absolute Gasteiger partial charge is 0.129 e. The van der Waals surface area contributed by atoms with Gasteiger partial charge < -0.3 is 21.1 Å². The Morgan fingerprint density at radius 3 is 2.67 bits per heavy atom. The van der Waals surface area contributed by atoms with Gasteiger partial charge in [0.05, 0.1) is 17.5 Å². The Hall–Kier alpha value is -0.880. The number of hydrogen-bond acceptors (Lipinski definition) is 5. The van der Waals surface area contributed by atoms with E-state index in [1.807, 2.05) is 0 Å². The first-order chi connectivity index (χ1) is 7.06. The summed E-state index contributed by atoms with van der Waals surface area (Å²) in [4.78, 5) is 3.82. The van der Waals surface area contributed by atoms with Crippen LogP contribution < -0.4 is 5.73 Å². The molecule has 5 N–H and O–H groups in total. The van der Waals surface area contributed by atoms with Crippen LogP contribution in [0.15, 0.2) is 12.1 Å². The molecule has 0 aliphatic rings. The monoisotopic (exact) mass is 232 g/mol. The van der Waals surface area contributed by atoms with E-state index in [0.29, 0.717) is 0 Å². The topological polar surface area (TPSA) is 99.6 Å². The number of anilines is 1. The number of nitrogens with two attached hydrogens (primary N) is 1. The van der Waals surface area contributed by atoms with E-state index in [-0.39, 0.29) is 29.6 Å². The standard InChI is InChI=1S/C9H13ClN2O3/c10-7-2-1-5(11)8(12-7)9(15)6(14)3-4-13/h1-2,6,9,13-15H,3-4,11H2. The quantitative estimate of drug-likeness (QED) is 0.552. The van der Waals surface area contributed by atoms with E-state index in [2.05, 4.69) is 4.98 Å². The molecule has 0 saturated heterocycles. The van der Waals surface area contributed by atoms with Crippen LogP contribution in [0.2, 0.25) is 5.15 Å². The molecule has 5 nitrogen and oxygen atoms in total. The molecule has 84 valence electrons. The summed E-state index contributed by atoms with van der Waals surface area (Å²) in [7, 11) is 0. The number of halogens is 1. The van der Waals surface area contributed by atoms with Crippen LogP contribution in [0.1, 0.15) is 18.2 Å². The summed E-state index contributed by atoms with van der Waals surface area (Å²) < 4.78 is 0. The van der Waals surface area contributed by atoms with Crippen LogP contribution in [-0.2, 0) is 0 Å². The summed E-state index contributed by atoms with van der Waals surface area (Å²) in [5, 5.41) is 27.9. The van der Waals surface area contributed by atoms with Gasteiger partial charge in [0.25, 0.3) is 0 Å². The number of aromatic nitrogens is 1. The Morgan fingerprint density at radius 1 is 1.40 bits per heavy atom. The van der Waals surface area contributed by atoms with Crippen LogP contribution >= 0.6 is 11.6 Å². The van der Waals surface area contributed by atoms with Gasteiger partial charge in [-0.05, 0) is 18.6 Å². The van der Waals surface area contributed by atoms with Crippen LogP contribution in [0.5, 0.6) is 0 Å². The van der Waals surface area contributed by atoms with Crippen molar-refractivity contribution in [1.29, 1.82) is 0 Å². The lowest BCUT2D eigenvalue weighted by atomic mass is 10.1. The second kappa shape index (κ2) is 5.27. The first-order valence-corrected chi connectivity index (χ1v) is 4.83. The van der Waals surface area contributed by atoms with Crippen LogP contribution in [0.4, 0.5) is 5.69 Å². The molecule has 1 heterocycles. The molecule has 0 spiro atoms. The van der Waals surface area contributed by atoms with Gasteiger partial charge in [-0.15, -0.1) is 0 Å². The van der Waals surface area contributed by atoms with Crippen LogP contribution in [0.3, 0.4) is 0 Å². The Balaban J connectivity index is 2.89. The number of rotatable bonds is 4. The van der Waals surface area contributed by atoms with Crippen molar-refractivity contribution in [3.63, 3.8) is 0 Å². The van der Waals surface area contributed by atoms with Gasteiger partial charge >= 0.3 is 0 Å². The molecule has 0 aliphatic carbocycles. The van der Waals surface area contributed by atoms with E-state index in [1.165, 1.54) is 12.1 Å². The summed E-state index contributed by atoms with van der Waals surface area (Å²) in [5.74, 6) is 0. The number of nitrogens with zero attached hydrogens (tertiary/aromatic N) is 1. The van der Waals surface area contributed by atoms with E-state index < -0.39 is 12.2 Å². The van der Waals surface area contributed by atoms with Crippen molar-refractivity contribution in [2.75, 3.05) is 12.3 Å². The third-order valence-electron chi connectivity index (χ3n) is 1.99. The molecule has 1 aromatic rings. The van der Waals surface area contributed by atoms with Crippen LogP contribution in [0.25, 0.3) is 0 Å². The van der Waals surface area contributed by atoms with Gasteiger partial charge in [0, 0.05) is 6.61 Å². The molecule has 0 aliphatic heterocycles. The van der Waals surface area contributed by atoms with Gasteiger partial charge in [-0.1, -0.05) is 11.6 Å². The highest BCUT2D eigenvalue weighted by molar-refractivity contribution is 6.29. The third kappa shape index (κ3) is 3.04. The van der Waals surface area contributed by atoms with Gasteiger partial charge in [-0.2, -0.15) is 0 Å². The SMILES string of the molecule is Nc1ccc(Cl)nc1C(O)C(O)CCO. The molecule has 0 fully saturated rings. The average molecular weight is 233 g/mol. The van der Waals surface area contributed by atoms with Crippen LogP contribution in [-0.4, -0.2) is 33.0 Å². The van der Waals surface area contributed by atoms with E-state index in [1.54, 1.807) is 0 Å². The molecule has 1 aromatic heterocycles. The number of hydrogen-bond donors (Lipinski definition) is 4. The van der Waals surface area contributed by atoms with E-state index in [9.17, 15) is 10.2 Å². The molecule has 6 heteroatoms. The van der Waals surface area contributed by atoms with Crippen molar-refractivity contribution >= 4 is 17.3 Å². The van der Waals surface area contributed by atoms with Gasteiger partial charge in [0.2, 0.25) is 0 Å². The number of aliphatic hydroxyl groups excluding tert-OH is 3. The zero-order chi connectivity index (χ0) is 11.4. The van der Waals surface area contributed by atoms with Crippen molar-refractivity contribution in [3.05, 3.63) is 23.0 Å². The first-order valence-electron chi connectivity index (χ1n) is 4.45. The summed E-state index contributed by atoms with van der Waals surface area (Å²) >= 11 is 5.63. The maximum absolute atomic E-state index is 9.66. The zero-order valence-corrected chi connectivity index (χ0v) is 8.72. The molecule has 2 atom stereocenters. The largest absolute Gasteiger partial charge is 0.397 e. The molecule has 0 saturated carbocycles. The van der Waals surface area contributed by atoms with E-state index in [0.717, 1.165) is 0 Å². The van der Waals surface area contributed by atoms with Crippen molar-refractivity contribution in [3.8, 4) is 0 Å². The molecule has 1 rings (SSSR count). The van der Waals surface area contributed by atoms with E-state index in [4.69, 9.17) is 22.4 Å². The van der Waals surface area contributed by atoms with Crippen LogP contribution in [0, 0.1) is 0 Å². The zero-order valence-electron chi connectivity index (χ0n) is 7.97. The maximum Gasteiger partial charge on any atom is 0.129 e. The lowest BCUT2D eigenvalue weighted by Gasteiger charge is -2.17. The Bertz CT molecular complexity index is 335. The van der Waals surface area contributed by atoms with Crippen molar-refractivity contribution < 1.29 is 15.3 Å². The number of pyridine rings is 1. The summed E-state index contributed by atoms with van der Waals surface area (Å²) in [6, 6.07) is 2.99. The Labute approximate surface area is 92.1 Å². The summed E-state index contributed by atoms with van der Waals surface area (Å²) in [6.45, 7) is -0.224. The van der Waals surface area contributed by atoms with Crippen molar-refractivity contribution in [2.45, 2.75) is 18.6 Å². The maximum atomic E-state index is 9.66. The predicted octanol–water partition coefficient (Wildman–Crippen LogP) is 0.0939. The molecule has 0 bridgehead atoms. The lowest BCUT2D eigenvalue weighted by molar-refractivity contribution is 0.00236. The third-order valence-corrected chi connectivity index (χ3v) is 2.20. The van der Waals surface area contributed by atoms with Gasteiger partial charge in [-0.3, -0.25) is 0 Å². The van der Waals surface area contributed by atoms with Crippen molar-refractivity contribution in [1.82, 2.24) is 4.98 Å². The summed E-state index contributed by atoms with van der Waals surface area (Å²) in [6.07, 6.45) is -2.30.